The number of nitrogens with zero attached hydrogens (tertiary/aromatic N) is 2. The molecule has 2 N–H and O–H groups in total. The van der Waals surface area contributed by atoms with Gasteiger partial charge in [0, 0.05) is 50.6 Å². The number of aliphatic imine (C=N–C) groups is 1. The molecule has 1 aromatic rings. The topological polar surface area (TPSA) is 58.5 Å². The highest BCUT2D eigenvalue weighted by Gasteiger charge is 2.20. The van der Waals surface area contributed by atoms with Gasteiger partial charge in [0.25, 0.3) is 0 Å². The molecule has 2 rings (SSSR count). The van der Waals surface area contributed by atoms with Crippen LogP contribution in [0.2, 0.25) is 0 Å². The number of aromatic nitrogens is 1. The Hall–Kier alpha value is -1.14. The summed E-state index contributed by atoms with van der Waals surface area (Å²) in [6.45, 7) is 10.7. The molecule has 0 radical (unpaired) electrons. The quantitative estimate of drug-likeness (QED) is 0.365. The van der Waals surface area contributed by atoms with E-state index in [1.54, 1.807) is 11.3 Å². The maximum absolute atomic E-state index is 5.64. The average molecular weight is 353 g/mol. The Kier molecular flexibility index (Phi) is 8.53. The van der Waals surface area contributed by atoms with Crippen molar-refractivity contribution >= 4 is 17.3 Å². The third kappa shape index (κ3) is 7.62. The van der Waals surface area contributed by atoms with Gasteiger partial charge >= 0.3 is 0 Å². The van der Waals surface area contributed by atoms with E-state index in [2.05, 4.69) is 46.8 Å². The fourth-order valence-electron chi connectivity index (χ4n) is 2.25. The minimum absolute atomic E-state index is 0.512. The molecule has 1 aliphatic carbocycles. The van der Waals surface area contributed by atoms with Gasteiger partial charge in [-0.15, -0.1) is 11.3 Å². The largest absolute Gasteiger partial charge is 0.381 e. The van der Waals surface area contributed by atoms with Crippen LogP contribution < -0.4 is 10.6 Å². The molecular weight excluding hydrogens is 320 g/mol. The Balaban J connectivity index is 1.62. The van der Waals surface area contributed by atoms with Crippen molar-refractivity contribution in [1.29, 1.82) is 0 Å². The summed E-state index contributed by atoms with van der Waals surface area (Å²) in [7, 11) is 0. The van der Waals surface area contributed by atoms with Crippen molar-refractivity contribution in [2.45, 2.75) is 52.4 Å². The first kappa shape index (κ1) is 19.2. The van der Waals surface area contributed by atoms with E-state index in [0.717, 1.165) is 57.6 Å². The van der Waals surface area contributed by atoms with Crippen LogP contribution >= 0.6 is 11.3 Å². The number of hydrogen-bond acceptors (Lipinski definition) is 4. The van der Waals surface area contributed by atoms with Gasteiger partial charge in [0.05, 0.1) is 10.7 Å². The van der Waals surface area contributed by atoms with Crippen molar-refractivity contribution in [1.82, 2.24) is 15.6 Å². The summed E-state index contributed by atoms with van der Waals surface area (Å²) in [5, 5.41) is 10.1. The number of ether oxygens (including phenoxy) is 1. The molecule has 0 unspecified atom stereocenters. The number of nitrogens with one attached hydrogen (secondary N) is 2. The van der Waals surface area contributed by atoms with Gasteiger partial charge in [0.15, 0.2) is 5.96 Å². The van der Waals surface area contributed by atoms with Crippen LogP contribution in [0, 0.1) is 5.92 Å². The lowest BCUT2D eigenvalue weighted by atomic mass is 10.2. The predicted molar refractivity (Wildman–Crippen MR) is 102 cm³/mol. The molecular formula is C18H32N4OS. The van der Waals surface area contributed by atoms with E-state index in [4.69, 9.17) is 4.74 Å². The highest BCUT2D eigenvalue weighted by atomic mass is 32.1. The molecule has 1 heterocycles. The third-order valence-corrected chi connectivity index (χ3v) is 5.04. The van der Waals surface area contributed by atoms with E-state index < -0.39 is 0 Å². The zero-order chi connectivity index (χ0) is 17.2. The minimum Gasteiger partial charge on any atom is -0.381 e. The zero-order valence-electron chi connectivity index (χ0n) is 15.3. The Morgan fingerprint density at radius 3 is 2.92 bits per heavy atom. The summed E-state index contributed by atoms with van der Waals surface area (Å²) in [6, 6.07) is 0. The zero-order valence-corrected chi connectivity index (χ0v) is 16.1. The Morgan fingerprint density at radius 2 is 2.25 bits per heavy atom. The molecule has 1 fully saturated rings. The summed E-state index contributed by atoms with van der Waals surface area (Å²) in [5.41, 5.74) is 1.17. The first-order valence-electron chi connectivity index (χ1n) is 9.23. The van der Waals surface area contributed by atoms with Crippen LogP contribution in [0.15, 0.2) is 10.4 Å². The van der Waals surface area contributed by atoms with Crippen LogP contribution in [0.4, 0.5) is 0 Å². The lowest BCUT2D eigenvalue weighted by Gasteiger charge is -2.10. The van der Waals surface area contributed by atoms with Crippen molar-refractivity contribution in [3.63, 3.8) is 0 Å². The normalized spacial score (nSPS) is 15.1. The van der Waals surface area contributed by atoms with E-state index in [1.165, 1.54) is 23.5 Å². The van der Waals surface area contributed by atoms with Crippen LogP contribution in [0.5, 0.6) is 0 Å². The second-order valence-electron chi connectivity index (χ2n) is 6.64. The fraction of sp³-hybridized carbons (Fsp3) is 0.778. The van der Waals surface area contributed by atoms with E-state index >= 15 is 0 Å². The van der Waals surface area contributed by atoms with Gasteiger partial charge in [-0.25, -0.2) is 4.98 Å². The van der Waals surface area contributed by atoms with Gasteiger partial charge in [-0.3, -0.25) is 4.99 Å². The van der Waals surface area contributed by atoms with Crippen LogP contribution in [0.25, 0.3) is 0 Å². The molecule has 24 heavy (non-hydrogen) atoms. The summed E-state index contributed by atoms with van der Waals surface area (Å²) in [6.07, 6.45) is 4.61. The van der Waals surface area contributed by atoms with Crippen molar-refractivity contribution < 1.29 is 4.74 Å². The molecule has 0 aliphatic heterocycles. The Labute approximate surface area is 150 Å². The van der Waals surface area contributed by atoms with Gasteiger partial charge in [-0.2, -0.15) is 0 Å². The highest BCUT2D eigenvalue weighted by Crippen LogP contribution is 2.28. The maximum atomic E-state index is 5.64. The standard InChI is InChI=1S/C18H32N4OS/c1-4-19-18(20-9-5-11-23-12-15-6-7-15)21-10-8-16-13-24-17(22-16)14(2)3/h13-15H,4-12H2,1-3H3,(H2,19,20,21). The second kappa shape index (κ2) is 10.7. The van der Waals surface area contributed by atoms with Gasteiger partial charge in [-0.1, -0.05) is 13.8 Å². The lowest BCUT2D eigenvalue weighted by Crippen LogP contribution is -2.38. The number of thiazole rings is 1. The molecule has 1 aromatic heterocycles. The van der Waals surface area contributed by atoms with Crippen molar-refractivity contribution in [3.05, 3.63) is 16.1 Å². The van der Waals surface area contributed by atoms with Crippen LogP contribution in [0.1, 0.15) is 56.7 Å². The van der Waals surface area contributed by atoms with Crippen LogP contribution in [-0.2, 0) is 11.2 Å². The summed E-state index contributed by atoms with van der Waals surface area (Å²) in [5.74, 6) is 2.24. The molecule has 136 valence electrons. The average Bonchev–Trinajstić information content (AvgIpc) is 3.26. The summed E-state index contributed by atoms with van der Waals surface area (Å²) < 4.78 is 5.64. The number of rotatable bonds is 11. The Morgan fingerprint density at radius 1 is 1.42 bits per heavy atom. The summed E-state index contributed by atoms with van der Waals surface area (Å²) in [4.78, 5) is 9.28. The molecule has 5 nitrogen and oxygen atoms in total. The molecule has 1 aliphatic rings. The second-order valence-corrected chi connectivity index (χ2v) is 7.53. The molecule has 0 bridgehead atoms. The molecule has 6 heteroatoms. The van der Waals surface area contributed by atoms with Crippen molar-refractivity contribution in [3.8, 4) is 0 Å². The third-order valence-electron chi connectivity index (χ3n) is 3.85. The molecule has 0 aromatic carbocycles. The van der Waals surface area contributed by atoms with Gasteiger partial charge in [0.2, 0.25) is 0 Å². The maximum Gasteiger partial charge on any atom is 0.191 e. The number of hydrogen-bond donors (Lipinski definition) is 2. The number of guanidine groups is 1. The van der Waals surface area contributed by atoms with E-state index in [1.807, 2.05) is 0 Å². The van der Waals surface area contributed by atoms with Gasteiger partial charge in [-0.05, 0) is 32.1 Å². The monoisotopic (exact) mass is 352 g/mol. The van der Waals surface area contributed by atoms with Crippen molar-refractivity contribution in [2.24, 2.45) is 10.9 Å². The SMILES string of the molecule is CCNC(=NCCCOCC1CC1)NCCc1csc(C(C)C)n1. The molecule has 0 saturated heterocycles. The highest BCUT2D eigenvalue weighted by molar-refractivity contribution is 7.09. The molecule has 0 amide bonds. The smallest absolute Gasteiger partial charge is 0.191 e. The van der Waals surface area contributed by atoms with Gasteiger partial charge in [0.1, 0.15) is 0 Å². The van der Waals surface area contributed by atoms with E-state index in [9.17, 15) is 0 Å². The van der Waals surface area contributed by atoms with E-state index in [0.29, 0.717) is 5.92 Å². The van der Waals surface area contributed by atoms with Crippen molar-refractivity contribution in [2.75, 3.05) is 32.8 Å². The molecule has 0 spiro atoms. The lowest BCUT2D eigenvalue weighted by molar-refractivity contribution is 0.123. The Bertz CT molecular complexity index is 497. The fourth-order valence-corrected chi connectivity index (χ4v) is 3.11. The molecule has 0 atom stereocenters. The predicted octanol–water partition coefficient (Wildman–Crippen LogP) is 3.18. The minimum atomic E-state index is 0.512. The van der Waals surface area contributed by atoms with Gasteiger partial charge < -0.3 is 15.4 Å². The van der Waals surface area contributed by atoms with Crippen LogP contribution in [0.3, 0.4) is 0 Å². The summed E-state index contributed by atoms with van der Waals surface area (Å²) >= 11 is 1.76. The van der Waals surface area contributed by atoms with Crippen LogP contribution in [-0.4, -0.2) is 43.8 Å². The first-order valence-corrected chi connectivity index (χ1v) is 10.1. The van der Waals surface area contributed by atoms with E-state index in [-0.39, 0.29) is 0 Å². The molecule has 1 saturated carbocycles. The first-order chi connectivity index (χ1) is 11.7.